The number of thiophene rings is 1. The Bertz CT molecular complexity index is 1190. The molecule has 8 nitrogen and oxygen atoms in total. The van der Waals surface area contributed by atoms with Gasteiger partial charge in [0.25, 0.3) is 15.9 Å². The fourth-order valence-corrected chi connectivity index (χ4v) is 6.02. The molecule has 164 valence electrons. The van der Waals surface area contributed by atoms with Gasteiger partial charge in [0.15, 0.2) is 0 Å². The topological polar surface area (TPSA) is 105 Å². The van der Waals surface area contributed by atoms with Gasteiger partial charge < -0.3 is 9.32 Å². The van der Waals surface area contributed by atoms with Gasteiger partial charge in [-0.05, 0) is 49.4 Å². The summed E-state index contributed by atoms with van der Waals surface area (Å²) < 4.78 is 34.1. The lowest BCUT2D eigenvalue weighted by Gasteiger charge is -2.11. The van der Waals surface area contributed by atoms with Gasteiger partial charge in [0.2, 0.25) is 0 Å². The quantitative estimate of drug-likeness (QED) is 0.589. The molecule has 4 rings (SSSR count). The summed E-state index contributed by atoms with van der Waals surface area (Å²) in [5.74, 6) is 0.141. The van der Waals surface area contributed by atoms with Crippen molar-refractivity contribution in [1.82, 2.24) is 15.1 Å². The maximum Gasteiger partial charge on any atom is 0.311 e. The maximum absolute atomic E-state index is 12.9. The molecular weight excluding hydrogens is 436 g/mol. The first kappa shape index (κ1) is 21.5. The highest BCUT2D eigenvalue weighted by molar-refractivity contribution is 7.93. The van der Waals surface area contributed by atoms with E-state index in [9.17, 15) is 13.2 Å². The van der Waals surface area contributed by atoms with Gasteiger partial charge in [-0.3, -0.25) is 9.52 Å². The highest BCUT2D eigenvalue weighted by Crippen LogP contribution is 2.34. The molecule has 1 amide bonds. The predicted molar refractivity (Wildman–Crippen MR) is 119 cm³/mol. The van der Waals surface area contributed by atoms with Crippen molar-refractivity contribution >= 4 is 33.0 Å². The van der Waals surface area contributed by atoms with Crippen LogP contribution in [0.5, 0.6) is 0 Å². The average Bonchev–Trinajstić information content (AvgIpc) is 3.48. The third-order valence-electron chi connectivity index (χ3n) is 5.20. The smallest absolute Gasteiger partial charge is 0.311 e. The van der Waals surface area contributed by atoms with E-state index in [1.807, 2.05) is 12.1 Å². The van der Waals surface area contributed by atoms with Gasteiger partial charge in [-0.15, -0.1) is 21.5 Å². The van der Waals surface area contributed by atoms with Gasteiger partial charge in [-0.1, -0.05) is 26.0 Å². The van der Waals surface area contributed by atoms with Crippen molar-refractivity contribution in [2.45, 2.75) is 44.4 Å². The average molecular weight is 461 g/mol. The van der Waals surface area contributed by atoms with Crippen molar-refractivity contribution in [2.75, 3.05) is 17.8 Å². The molecule has 1 aromatic carbocycles. The molecule has 0 saturated carbocycles. The second-order valence-electron chi connectivity index (χ2n) is 7.82. The van der Waals surface area contributed by atoms with Crippen molar-refractivity contribution in [3.05, 3.63) is 46.7 Å². The Kier molecular flexibility index (Phi) is 5.85. The summed E-state index contributed by atoms with van der Waals surface area (Å²) in [6, 6.07) is 8.83. The largest absolute Gasteiger partial charge is 0.411 e. The minimum atomic E-state index is -3.79. The number of likely N-dealkylation sites (tertiary alicyclic amines) is 1. The van der Waals surface area contributed by atoms with Gasteiger partial charge in [0.1, 0.15) is 4.90 Å². The number of carbonyl (C=O) groups excluding carboxylic acids is 1. The summed E-state index contributed by atoms with van der Waals surface area (Å²) >= 11 is 1.23. The minimum absolute atomic E-state index is 0.0734. The van der Waals surface area contributed by atoms with Gasteiger partial charge in [0.05, 0.1) is 4.88 Å². The number of amides is 1. The lowest BCUT2D eigenvalue weighted by atomic mass is 10.0. The lowest BCUT2D eigenvalue weighted by Crippen LogP contribution is -2.27. The van der Waals surface area contributed by atoms with E-state index in [1.165, 1.54) is 17.4 Å². The molecule has 10 heteroatoms. The number of benzene rings is 1. The van der Waals surface area contributed by atoms with Crippen molar-refractivity contribution in [3.8, 4) is 10.8 Å². The molecule has 0 bridgehead atoms. The number of hydrogen-bond acceptors (Lipinski definition) is 7. The van der Waals surface area contributed by atoms with Crippen LogP contribution in [0.15, 0.2) is 39.6 Å². The monoisotopic (exact) mass is 460 g/mol. The number of sulfonamides is 1. The first-order valence-corrected chi connectivity index (χ1v) is 12.4. The van der Waals surface area contributed by atoms with Crippen LogP contribution in [0, 0.1) is 6.92 Å². The van der Waals surface area contributed by atoms with Crippen LogP contribution in [-0.4, -0.2) is 42.5 Å². The summed E-state index contributed by atoms with van der Waals surface area (Å²) in [5, 5.41) is 7.82. The molecule has 0 radical (unpaired) electrons. The molecule has 1 fully saturated rings. The summed E-state index contributed by atoms with van der Waals surface area (Å²) in [6.07, 6.45) is 1.93. The van der Waals surface area contributed by atoms with Gasteiger partial charge >= 0.3 is 11.8 Å². The molecule has 31 heavy (non-hydrogen) atoms. The molecule has 1 N–H and O–H groups in total. The summed E-state index contributed by atoms with van der Waals surface area (Å²) in [5.41, 5.74) is 1.63. The SMILES string of the molecule is Cc1sc(-c2nnc(C(=O)N3CCCC3)o2)cc1S(=O)(=O)Nc1ccc(C(C)C)cc1. The summed E-state index contributed by atoms with van der Waals surface area (Å²) in [7, 11) is -3.79. The van der Waals surface area contributed by atoms with Crippen LogP contribution in [0.4, 0.5) is 5.69 Å². The number of hydrogen-bond donors (Lipinski definition) is 1. The molecule has 0 unspecified atom stereocenters. The molecule has 0 atom stereocenters. The van der Waals surface area contributed by atoms with E-state index >= 15 is 0 Å². The number of rotatable bonds is 6. The zero-order valence-electron chi connectivity index (χ0n) is 17.6. The number of nitrogens with zero attached hydrogens (tertiary/aromatic N) is 3. The van der Waals surface area contributed by atoms with Crippen LogP contribution in [-0.2, 0) is 10.0 Å². The zero-order chi connectivity index (χ0) is 22.2. The van der Waals surface area contributed by atoms with Crippen molar-refractivity contribution in [1.29, 1.82) is 0 Å². The molecule has 3 aromatic rings. The lowest BCUT2D eigenvalue weighted by molar-refractivity contribution is 0.0754. The van der Waals surface area contributed by atoms with E-state index in [1.54, 1.807) is 24.0 Å². The molecule has 2 aromatic heterocycles. The Hall–Kier alpha value is -2.72. The summed E-state index contributed by atoms with van der Waals surface area (Å²) in [6.45, 7) is 7.24. The van der Waals surface area contributed by atoms with Crippen LogP contribution >= 0.6 is 11.3 Å². The standard InChI is InChI=1S/C21H24N4O4S2/c1-13(2)15-6-8-16(9-7-15)24-31(27,28)18-12-17(30-14(18)3)19-22-23-20(29-19)21(26)25-10-4-5-11-25/h6-9,12-13,24H,4-5,10-11H2,1-3H3. The van der Waals surface area contributed by atoms with Gasteiger partial charge in [-0.2, -0.15) is 0 Å². The van der Waals surface area contributed by atoms with E-state index < -0.39 is 10.0 Å². The molecule has 3 heterocycles. The van der Waals surface area contributed by atoms with Crippen molar-refractivity contribution in [3.63, 3.8) is 0 Å². The normalized spacial score (nSPS) is 14.4. The Morgan fingerprint density at radius 3 is 2.48 bits per heavy atom. The highest BCUT2D eigenvalue weighted by Gasteiger charge is 2.27. The molecule has 1 aliphatic rings. The Morgan fingerprint density at radius 1 is 1.16 bits per heavy atom. The minimum Gasteiger partial charge on any atom is -0.411 e. The fraction of sp³-hybridized carbons (Fsp3) is 0.381. The van der Waals surface area contributed by atoms with Crippen LogP contribution in [0.3, 0.4) is 0 Å². The van der Waals surface area contributed by atoms with E-state index in [4.69, 9.17) is 4.42 Å². The van der Waals surface area contributed by atoms with E-state index in [2.05, 4.69) is 28.8 Å². The van der Waals surface area contributed by atoms with Crippen molar-refractivity contribution in [2.24, 2.45) is 0 Å². The van der Waals surface area contributed by atoms with Crippen LogP contribution in [0.2, 0.25) is 0 Å². The third kappa shape index (κ3) is 4.49. The second-order valence-corrected chi connectivity index (χ2v) is 10.7. The number of nitrogens with one attached hydrogen (secondary N) is 1. The number of aromatic nitrogens is 2. The molecule has 0 aliphatic carbocycles. The fourth-order valence-electron chi connectivity index (χ4n) is 3.45. The Labute approximate surface area is 185 Å². The first-order valence-electron chi connectivity index (χ1n) is 10.1. The molecule has 1 aliphatic heterocycles. The van der Waals surface area contributed by atoms with Crippen molar-refractivity contribution < 1.29 is 17.6 Å². The Morgan fingerprint density at radius 2 is 1.84 bits per heavy atom. The summed E-state index contributed by atoms with van der Waals surface area (Å²) in [4.78, 5) is 15.3. The van der Waals surface area contributed by atoms with Gasteiger partial charge in [0, 0.05) is 23.7 Å². The second kappa shape index (κ2) is 8.43. The highest BCUT2D eigenvalue weighted by atomic mass is 32.2. The maximum atomic E-state index is 12.9. The zero-order valence-corrected chi connectivity index (χ0v) is 19.2. The predicted octanol–water partition coefficient (Wildman–Crippen LogP) is 4.27. The van der Waals surface area contributed by atoms with E-state index in [0.717, 1.165) is 18.4 Å². The van der Waals surface area contributed by atoms with E-state index in [0.29, 0.717) is 34.4 Å². The Balaban J connectivity index is 1.55. The van der Waals surface area contributed by atoms with Crippen LogP contribution < -0.4 is 4.72 Å². The van der Waals surface area contributed by atoms with Gasteiger partial charge in [-0.25, -0.2) is 8.42 Å². The molecule has 1 saturated heterocycles. The number of anilines is 1. The van der Waals surface area contributed by atoms with E-state index in [-0.39, 0.29) is 22.6 Å². The first-order chi connectivity index (χ1) is 14.7. The van der Waals surface area contributed by atoms with Crippen LogP contribution in [0.25, 0.3) is 10.8 Å². The van der Waals surface area contributed by atoms with Crippen LogP contribution in [0.1, 0.15) is 53.7 Å². The molecular formula is C21H24N4O4S2. The third-order valence-corrected chi connectivity index (χ3v) is 7.88. The number of aryl methyl sites for hydroxylation is 1. The molecule has 0 spiro atoms. The number of carbonyl (C=O) groups is 1.